The van der Waals surface area contributed by atoms with Crippen molar-refractivity contribution in [2.24, 2.45) is 0 Å². The summed E-state index contributed by atoms with van der Waals surface area (Å²) in [5, 5.41) is 13.2. The standard InChI is InChI=1S/C15H14BrNO2/c16-10-12-6-1-3-7-13(12)17-15(19)9-11-5-2-4-8-14(11)18/h1-8,18H,9-10H2,(H,17,19). The Morgan fingerprint density at radius 1 is 1.05 bits per heavy atom. The smallest absolute Gasteiger partial charge is 0.228 e. The van der Waals surface area contributed by atoms with Crippen LogP contribution >= 0.6 is 15.9 Å². The van der Waals surface area contributed by atoms with E-state index in [1.807, 2.05) is 24.3 Å². The molecule has 0 aromatic heterocycles. The lowest BCUT2D eigenvalue weighted by molar-refractivity contribution is -0.115. The first kappa shape index (κ1) is 13.6. The molecule has 0 spiro atoms. The number of benzene rings is 2. The summed E-state index contributed by atoms with van der Waals surface area (Å²) in [6.07, 6.45) is 0.156. The van der Waals surface area contributed by atoms with Gasteiger partial charge in [-0.3, -0.25) is 4.79 Å². The number of phenolic OH excluding ortho intramolecular Hbond substituents is 1. The van der Waals surface area contributed by atoms with E-state index in [0.717, 1.165) is 11.3 Å². The maximum atomic E-state index is 12.0. The number of amides is 1. The van der Waals surface area contributed by atoms with Crippen LogP contribution in [0.2, 0.25) is 0 Å². The van der Waals surface area contributed by atoms with Crippen molar-refractivity contribution in [1.29, 1.82) is 0 Å². The topological polar surface area (TPSA) is 49.3 Å². The number of carbonyl (C=O) groups excluding carboxylic acids is 1. The zero-order chi connectivity index (χ0) is 13.7. The van der Waals surface area contributed by atoms with E-state index in [-0.39, 0.29) is 18.1 Å². The molecule has 2 aromatic carbocycles. The molecular weight excluding hydrogens is 306 g/mol. The van der Waals surface area contributed by atoms with Crippen LogP contribution in [0, 0.1) is 0 Å². The van der Waals surface area contributed by atoms with Gasteiger partial charge in [-0.05, 0) is 17.7 Å². The molecule has 0 fully saturated rings. The second kappa shape index (κ2) is 6.38. The molecule has 3 nitrogen and oxygen atoms in total. The summed E-state index contributed by atoms with van der Waals surface area (Å²) in [6, 6.07) is 14.5. The van der Waals surface area contributed by atoms with Crippen LogP contribution in [-0.4, -0.2) is 11.0 Å². The van der Waals surface area contributed by atoms with Crippen LogP contribution in [0.15, 0.2) is 48.5 Å². The highest BCUT2D eigenvalue weighted by atomic mass is 79.9. The lowest BCUT2D eigenvalue weighted by Crippen LogP contribution is -2.15. The molecule has 0 aliphatic heterocycles. The monoisotopic (exact) mass is 319 g/mol. The van der Waals surface area contributed by atoms with E-state index in [4.69, 9.17) is 0 Å². The first-order valence-corrected chi connectivity index (χ1v) is 7.03. The van der Waals surface area contributed by atoms with Crippen molar-refractivity contribution in [2.75, 3.05) is 5.32 Å². The Balaban J connectivity index is 2.08. The number of alkyl halides is 1. The minimum Gasteiger partial charge on any atom is -0.508 e. The van der Waals surface area contributed by atoms with Crippen molar-refractivity contribution in [3.05, 3.63) is 59.7 Å². The van der Waals surface area contributed by atoms with E-state index in [2.05, 4.69) is 21.2 Å². The third kappa shape index (κ3) is 3.58. The minimum absolute atomic E-state index is 0.144. The number of carbonyl (C=O) groups is 1. The van der Waals surface area contributed by atoms with Gasteiger partial charge in [0.2, 0.25) is 5.91 Å². The molecule has 0 bridgehead atoms. The molecule has 0 atom stereocenters. The van der Waals surface area contributed by atoms with Gasteiger partial charge in [0, 0.05) is 16.6 Å². The van der Waals surface area contributed by atoms with Gasteiger partial charge in [0.05, 0.1) is 6.42 Å². The molecule has 0 radical (unpaired) electrons. The van der Waals surface area contributed by atoms with Gasteiger partial charge in [0.1, 0.15) is 5.75 Å². The lowest BCUT2D eigenvalue weighted by atomic mass is 10.1. The average Bonchev–Trinajstić information content (AvgIpc) is 2.42. The predicted octanol–water partition coefficient (Wildman–Crippen LogP) is 3.47. The predicted molar refractivity (Wildman–Crippen MR) is 79.5 cm³/mol. The number of aromatic hydroxyl groups is 1. The van der Waals surface area contributed by atoms with E-state index in [1.54, 1.807) is 24.3 Å². The van der Waals surface area contributed by atoms with Gasteiger partial charge in [-0.2, -0.15) is 0 Å². The third-order valence-electron chi connectivity index (χ3n) is 2.78. The summed E-state index contributed by atoms with van der Waals surface area (Å²) in [5.41, 5.74) is 2.43. The number of hydrogen-bond acceptors (Lipinski definition) is 2. The number of rotatable bonds is 4. The fourth-order valence-corrected chi connectivity index (χ4v) is 2.28. The van der Waals surface area contributed by atoms with Gasteiger partial charge in [-0.25, -0.2) is 0 Å². The Kier molecular flexibility index (Phi) is 4.58. The molecular formula is C15H14BrNO2. The second-order valence-electron chi connectivity index (χ2n) is 4.14. The van der Waals surface area contributed by atoms with Gasteiger partial charge in [-0.15, -0.1) is 0 Å². The Labute approximate surface area is 120 Å². The van der Waals surface area contributed by atoms with E-state index in [9.17, 15) is 9.90 Å². The van der Waals surface area contributed by atoms with Gasteiger partial charge in [-0.1, -0.05) is 52.3 Å². The van der Waals surface area contributed by atoms with Crippen LogP contribution in [0.3, 0.4) is 0 Å². The molecule has 1 amide bonds. The normalized spacial score (nSPS) is 10.2. The molecule has 0 aliphatic carbocycles. The van der Waals surface area contributed by atoms with Gasteiger partial charge in [0.15, 0.2) is 0 Å². The Morgan fingerprint density at radius 2 is 1.68 bits per heavy atom. The molecule has 4 heteroatoms. The van der Waals surface area contributed by atoms with Crippen LogP contribution in [0.1, 0.15) is 11.1 Å². The van der Waals surface area contributed by atoms with Crippen molar-refractivity contribution in [3.8, 4) is 5.75 Å². The van der Waals surface area contributed by atoms with Crippen molar-refractivity contribution in [1.82, 2.24) is 0 Å². The molecule has 0 saturated carbocycles. The highest BCUT2D eigenvalue weighted by molar-refractivity contribution is 9.08. The lowest BCUT2D eigenvalue weighted by Gasteiger charge is -2.09. The Hall–Kier alpha value is -1.81. The molecule has 0 saturated heterocycles. The summed E-state index contributed by atoms with van der Waals surface area (Å²) in [5.74, 6) is 0.00123. The van der Waals surface area contributed by atoms with Gasteiger partial charge in [0.25, 0.3) is 0 Å². The minimum atomic E-state index is -0.144. The van der Waals surface area contributed by atoms with E-state index in [0.29, 0.717) is 10.9 Å². The largest absolute Gasteiger partial charge is 0.508 e. The molecule has 0 aliphatic rings. The first-order valence-electron chi connectivity index (χ1n) is 5.91. The summed E-state index contributed by atoms with van der Waals surface area (Å²) < 4.78 is 0. The quantitative estimate of drug-likeness (QED) is 0.848. The maximum Gasteiger partial charge on any atom is 0.228 e. The molecule has 19 heavy (non-hydrogen) atoms. The summed E-state index contributed by atoms with van der Waals surface area (Å²) in [7, 11) is 0. The van der Waals surface area contributed by atoms with E-state index < -0.39 is 0 Å². The molecule has 2 aromatic rings. The Bertz CT molecular complexity index is 584. The average molecular weight is 320 g/mol. The van der Waals surface area contributed by atoms with Crippen molar-refractivity contribution in [2.45, 2.75) is 11.8 Å². The highest BCUT2D eigenvalue weighted by Gasteiger charge is 2.09. The molecule has 2 rings (SSSR count). The van der Waals surface area contributed by atoms with Crippen LogP contribution in [0.5, 0.6) is 5.75 Å². The fourth-order valence-electron chi connectivity index (χ4n) is 1.79. The number of hydrogen-bond donors (Lipinski definition) is 2. The number of anilines is 1. The molecule has 0 unspecified atom stereocenters. The van der Waals surface area contributed by atoms with Crippen LogP contribution < -0.4 is 5.32 Å². The zero-order valence-electron chi connectivity index (χ0n) is 10.3. The highest BCUT2D eigenvalue weighted by Crippen LogP contribution is 2.20. The fraction of sp³-hybridized carbons (Fsp3) is 0.133. The van der Waals surface area contributed by atoms with Crippen LogP contribution in [0.4, 0.5) is 5.69 Å². The van der Waals surface area contributed by atoms with Crippen LogP contribution in [-0.2, 0) is 16.5 Å². The van der Waals surface area contributed by atoms with Crippen molar-refractivity contribution < 1.29 is 9.90 Å². The molecule has 2 N–H and O–H groups in total. The number of phenols is 1. The van der Waals surface area contributed by atoms with Crippen LogP contribution in [0.25, 0.3) is 0 Å². The summed E-state index contributed by atoms with van der Waals surface area (Å²) in [4.78, 5) is 12.0. The van der Waals surface area contributed by atoms with E-state index in [1.165, 1.54) is 0 Å². The number of nitrogens with one attached hydrogen (secondary N) is 1. The Morgan fingerprint density at radius 3 is 2.37 bits per heavy atom. The SMILES string of the molecule is O=C(Cc1ccccc1O)Nc1ccccc1CBr. The number of halogens is 1. The zero-order valence-corrected chi connectivity index (χ0v) is 11.9. The number of para-hydroxylation sites is 2. The molecule has 98 valence electrons. The van der Waals surface area contributed by atoms with Crippen molar-refractivity contribution in [3.63, 3.8) is 0 Å². The van der Waals surface area contributed by atoms with Gasteiger partial charge >= 0.3 is 0 Å². The summed E-state index contributed by atoms with van der Waals surface area (Å²) in [6.45, 7) is 0. The first-order chi connectivity index (χ1) is 9.20. The van der Waals surface area contributed by atoms with Crippen molar-refractivity contribution >= 4 is 27.5 Å². The third-order valence-corrected chi connectivity index (χ3v) is 3.38. The summed E-state index contributed by atoms with van der Waals surface area (Å²) >= 11 is 3.39. The van der Waals surface area contributed by atoms with E-state index >= 15 is 0 Å². The second-order valence-corrected chi connectivity index (χ2v) is 4.71. The maximum absolute atomic E-state index is 12.0. The van der Waals surface area contributed by atoms with Gasteiger partial charge < -0.3 is 10.4 Å². The molecule has 0 heterocycles.